The number of aromatic nitrogens is 2. The Morgan fingerprint density at radius 3 is 3.00 bits per heavy atom. The topological polar surface area (TPSA) is 30.3 Å². The Hall–Kier alpha value is -1.72. The molecule has 0 radical (unpaired) electrons. The molecule has 0 N–H and O–H groups in total. The first-order valence-corrected chi connectivity index (χ1v) is 7.78. The van der Waals surface area contributed by atoms with Crippen LogP contribution in [0.5, 0.6) is 0 Å². The van der Waals surface area contributed by atoms with Crippen LogP contribution in [0.2, 0.25) is 0 Å². The molecule has 2 aromatic rings. The highest BCUT2D eigenvalue weighted by molar-refractivity contribution is 5.17. The summed E-state index contributed by atoms with van der Waals surface area (Å²) in [6, 6.07) is 7.00. The highest BCUT2D eigenvalue weighted by Crippen LogP contribution is 2.19. The van der Waals surface area contributed by atoms with Gasteiger partial charge in [0.2, 0.25) is 0 Å². The molecule has 0 aliphatic carbocycles. The van der Waals surface area contributed by atoms with Crippen LogP contribution in [0.1, 0.15) is 18.2 Å². The van der Waals surface area contributed by atoms with E-state index in [0.717, 1.165) is 38.4 Å². The van der Waals surface area contributed by atoms with Crippen LogP contribution >= 0.6 is 0 Å². The lowest BCUT2D eigenvalue weighted by Gasteiger charge is -2.24. The van der Waals surface area contributed by atoms with Crippen molar-refractivity contribution in [1.29, 1.82) is 0 Å². The summed E-state index contributed by atoms with van der Waals surface area (Å²) >= 11 is 0. The van der Waals surface area contributed by atoms with Crippen molar-refractivity contribution in [3.63, 3.8) is 0 Å². The lowest BCUT2D eigenvalue weighted by Crippen LogP contribution is -2.30. The van der Waals surface area contributed by atoms with Crippen molar-refractivity contribution in [3.8, 4) is 0 Å². The fraction of sp³-hybridized carbons (Fsp3) is 0.471. The van der Waals surface area contributed by atoms with E-state index in [1.54, 1.807) is 6.07 Å². The maximum Gasteiger partial charge on any atom is 0.127 e. The molecule has 0 bridgehead atoms. The quantitative estimate of drug-likeness (QED) is 0.851. The second kappa shape index (κ2) is 7.03. The summed E-state index contributed by atoms with van der Waals surface area (Å²) < 4.78 is 21.7. The number of imidazole rings is 1. The highest BCUT2D eigenvalue weighted by atomic mass is 19.1. The Morgan fingerprint density at radius 2 is 2.18 bits per heavy atom. The molecule has 1 aromatic carbocycles. The number of hydrogen-bond acceptors (Lipinski definition) is 3. The van der Waals surface area contributed by atoms with E-state index in [2.05, 4.69) is 14.5 Å². The van der Waals surface area contributed by atoms with Crippen LogP contribution in [0, 0.1) is 11.7 Å². The van der Waals surface area contributed by atoms with Gasteiger partial charge in [-0.05, 0) is 13.0 Å². The van der Waals surface area contributed by atoms with E-state index in [-0.39, 0.29) is 5.82 Å². The number of nitrogens with zero attached hydrogens (tertiary/aromatic N) is 3. The number of hydrogen-bond donors (Lipinski definition) is 0. The van der Waals surface area contributed by atoms with Crippen LogP contribution < -0.4 is 0 Å². The minimum absolute atomic E-state index is 0.137. The van der Waals surface area contributed by atoms with Gasteiger partial charge in [-0.1, -0.05) is 18.2 Å². The number of ether oxygens (including phenoxy) is 1. The third-order valence-electron chi connectivity index (χ3n) is 4.06. The Morgan fingerprint density at radius 1 is 1.32 bits per heavy atom. The largest absolute Gasteiger partial charge is 0.381 e. The zero-order valence-electron chi connectivity index (χ0n) is 12.9. The van der Waals surface area contributed by atoms with E-state index < -0.39 is 0 Å². The smallest absolute Gasteiger partial charge is 0.127 e. The second-order valence-corrected chi connectivity index (χ2v) is 5.82. The Balaban J connectivity index is 1.76. The summed E-state index contributed by atoms with van der Waals surface area (Å²) in [5, 5.41) is 0. The van der Waals surface area contributed by atoms with Crippen molar-refractivity contribution in [3.05, 3.63) is 53.9 Å². The van der Waals surface area contributed by atoms with Gasteiger partial charge in [0.15, 0.2) is 0 Å². The molecule has 4 nitrogen and oxygen atoms in total. The maximum atomic E-state index is 13.9. The van der Waals surface area contributed by atoms with Crippen molar-refractivity contribution >= 4 is 0 Å². The molecule has 1 atom stereocenters. The molecule has 1 aliphatic heterocycles. The van der Waals surface area contributed by atoms with Crippen LogP contribution in [-0.4, -0.2) is 34.2 Å². The molecule has 118 valence electrons. The molecule has 22 heavy (non-hydrogen) atoms. The van der Waals surface area contributed by atoms with Crippen molar-refractivity contribution in [2.45, 2.75) is 26.6 Å². The van der Waals surface area contributed by atoms with Gasteiger partial charge in [0.1, 0.15) is 5.82 Å². The first kappa shape index (κ1) is 15.2. The van der Waals surface area contributed by atoms with Crippen LogP contribution in [0.25, 0.3) is 0 Å². The zero-order chi connectivity index (χ0) is 15.4. The predicted octanol–water partition coefficient (Wildman–Crippen LogP) is 2.69. The molecule has 0 fully saturated rings. The molecule has 1 aromatic heterocycles. The molecular weight excluding hydrogens is 281 g/mol. The normalized spacial score (nSPS) is 18.9. The zero-order valence-corrected chi connectivity index (χ0v) is 12.9. The summed E-state index contributed by atoms with van der Waals surface area (Å²) in [6.45, 7) is 6.66. The minimum Gasteiger partial charge on any atom is -0.381 e. The minimum atomic E-state index is -0.137. The van der Waals surface area contributed by atoms with Gasteiger partial charge in [0.25, 0.3) is 0 Å². The summed E-state index contributed by atoms with van der Waals surface area (Å²) in [6.07, 6.45) is 3.78. The second-order valence-electron chi connectivity index (χ2n) is 5.82. The third kappa shape index (κ3) is 3.54. The Kier molecular flexibility index (Phi) is 4.85. The average molecular weight is 303 g/mol. The SMILES string of the molecule is CCOC[C@@H]1CN(Cc2ccccc2F)Cc2cncn2C1. The Labute approximate surface area is 130 Å². The van der Waals surface area contributed by atoms with E-state index in [1.807, 2.05) is 31.6 Å². The van der Waals surface area contributed by atoms with Gasteiger partial charge in [-0.25, -0.2) is 9.37 Å². The summed E-state index contributed by atoms with van der Waals surface area (Å²) in [5.74, 6) is 0.254. The van der Waals surface area contributed by atoms with Gasteiger partial charge < -0.3 is 9.30 Å². The van der Waals surface area contributed by atoms with E-state index in [4.69, 9.17) is 4.74 Å². The first-order valence-electron chi connectivity index (χ1n) is 7.78. The van der Waals surface area contributed by atoms with E-state index in [1.165, 1.54) is 11.8 Å². The lowest BCUT2D eigenvalue weighted by atomic mass is 10.1. The summed E-state index contributed by atoms with van der Waals surface area (Å²) in [4.78, 5) is 6.52. The molecular formula is C17H22FN3O. The van der Waals surface area contributed by atoms with Crippen molar-refractivity contribution in [2.24, 2.45) is 5.92 Å². The van der Waals surface area contributed by atoms with Gasteiger partial charge >= 0.3 is 0 Å². The maximum absolute atomic E-state index is 13.9. The van der Waals surface area contributed by atoms with Gasteiger partial charge in [-0.2, -0.15) is 0 Å². The van der Waals surface area contributed by atoms with E-state index in [9.17, 15) is 4.39 Å². The molecule has 2 heterocycles. The fourth-order valence-corrected chi connectivity index (χ4v) is 3.02. The van der Waals surface area contributed by atoms with E-state index >= 15 is 0 Å². The van der Waals surface area contributed by atoms with Crippen LogP contribution in [0.15, 0.2) is 36.8 Å². The fourth-order valence-electron chi connectivity index (χ4n) is 3.02. The highest BCUT2D eigenvalue weighted by Gasteiger charge is 2.22. The van der Waals surface area contributed by atoms with Crippen LogP contribution in [-0.2, 0) is 24.4 Å². The van der Waals surface area contributed by atoms with Gasteiger partial charge in [0.05, 0.1) is 18.6 Å². The molecule has 0 unspecified atom stereocenters. The molecule has 0 spiro atoms. The van der Waals surface area contributed by atoms with Gasteiger partial charge in [-0.3, -0.25) is 4.90 Å². The number of halogens is 1. The monoisotopic (exact) mass is 303 g/mol. The van der Waals surface area contributed by atoms with Crippen molar-refractivity contribution in [1.82, 2.24) is 14.5 Å². The first-order chi connectivity index (χ1) is 10.8. The number of fused-ring (bicyclic) bond motifs is 1. The molecule has 0 saturated heterocycles. The van der Waals surface area contributed by atoms with Crippen molar-refractivity contribution in [2.75, 3.05) is 19.8 Å². The van der Waals surface area contributed by atoms with Crippen LogP contribution in [0.4, 0.5) is 4.39 Å². The molecule has 3 rings (SSSR count). The molecule has 1 aliphatic rings. The summed E-state index contributed by atoms with van der Waals surface area (Å²) in [5.41, 5.74) is 1.92. The van der Waals surface area contributed by atoms with E-state index in [0.29, 0.717) is 12.5 Å². The van der Waals surface area contributed by atoms with Gasteiger partial charge in [-0.15, -0.1) is 0 Å². The average Bonchev–Trinajstić information content (AvgIpc) is 2.87. The molecule has 0 amide bonds. The predicted molar refractivity (Wildman–Crippen MR) is 82.7 cm³/mol. The lowest BCUT2D eigenvalue weighted by molar-refractivity contribution is 0.0848. The third-order valence-corrected chi connectivity index (χ3v) is 4.06. The van der Waals surface area contributed by atoms with Gasteiger partial charge in [0, 0.05) is 50.5 Å². The molecule has 5 heteroatoms. The number of benzene rings is 1. The molecule has 0 saturated carbocycles. The standard InChI is InChI=1S/C17H22FN3O/c1-2-22-12-14-8-20(10-15-5-3-4-6-17(15)18)11-16-7-19-13-21(16)9-14/h3-7,13-14H,2,8-12H2,1H3/t14-/m1/s1. The number of rotatable bonds is 5. The van der Waals surface area contributed by atoms with Crippen LogP contribution in [0.3, 0.4) is 0 Å². The summed E-state index contributed by atoms with van der Waals surface area (Å²) in [7, 11) is 0. The Bertz CT molecular complexity index is 613. The van der Waals surface area contributed by atoms with Crippen molar-refractivity contribution < 1.29 is 9.13 Å².